The van der Waals surface area contributed by atoms with Crippen LogP contribution < -0.4 is 16.8 Å². The van der Waals surface area contributed by atoms with Gasteiger partial charge in [0.05, 0.1) is 10.7 Å². The van der Waals surface area contributed by atoms with Crippen molar-refractivity contribution in [3.05, 3.63) is 58.6 Å². The van der Waals surface area contributed by atoms with Gasteiger partial charge in [0, 0.05) is 16.8 Å². The predicted octanol–water partition coefficient (Wildman–Crippen LogP) is 2.27. The van der Waals surface area contributed by atoms with Crippen LogP contribution in [0.15, 0.2) is 42.5 Å². The molecule has 0 atom stereocenters. The summed E-state index contributed by atoms with van der Waals surface area (Å²) in [7, 11) is 0. The number of nitrogens with one attached hydrogen (secondary N) is 1. The van der Waals surface area contributed by atoms with E-state index in [2.05, 4.69) is 5.32 Å². The van der Waals surface area contributed by atoms with Crippen molar-refractivity contribution in [2.75, 3.05) is 11.1 Å². The monoisotopic (exact) mass is 289 g/mol. The van der Waals surface area contributed by atoms with Crippen LogP contribution in [0.5, 0.6) is 0 Å². The third kappa shape index (κ3) is 3.07. The number of nitrogens with two attached hydrogens (primary N) is 2. The smallest absolute Gasteiger partial charge is 0.255 e. The number of primary amides is 1. The van der Waals surface area contributed by atoms with Gasteiger partial charge in [0.2, 0.25) is 5.91 Å². The van der Waals surface area contributed by atoms with Gasteiger partial charge in [-0.3, -0.25) is 9.59 Å². The molecule has 0 aromatic heterocycles. The molecule has 0 saturated heterocycles. The van der Waals surface area contributed by atoms with Crippen LogP contribution in [0.25, 0.3) is 0 Å². The van der Waals surface area contributed by atoms with Gasteiger partial charge < -0.3 is 16.8 Å². The van der Waals surface area contributed by atoms with Crippen molar-refractivity contribution in [3.8, 4) is 0 Å². The van der Waals surface area contributed by atoms with Gasteiger partial charge in [-0.1, -0.05) is 17.7 Å². The molecule has 2 amide bonds. The first kappa shape index (κ1) is 13.9. The lowest BCUT2D eigenvalue weighted by Crippen LogP contribution is -2.15. The van der Waals surface area contributed by atoms with Crippen molar-refractivity contribution in [1.82, 2.24) is 0 Å². The van der Waals surface area contributed by atoms with E-state index in [1.807, 2.05) is 0 Å². The Bertz CT molecular complexity index is 686. The van der Waals surface area contributed by atoms with E-state index in [0.29, 0.717) is 22.0 Å². The maximum absolute atomic E-state index is 12.1. The highest BCUT2D eigenvalue weighted by Crippen LogP contribution is 2.23. The number of nitrogen functional groups attached to an aromatic ring is 1. The van der Waals surface area contributed by atoms with Crippen molar-refractivity contribution < 1.29 is 9.59 Å². The maximum Gasteiger partial charge on any atom is 0.255 e. The average molecular weight is 290 g/mol. The first-order valence-corrected chi connectivity index (χ1v) is 6.11. The zero-order valence-corrected chi connectivity index (χ0v) is 11.1. The van der Waals surface area contributed by atoms with E-state index in [0.717, 1.165) is 0 Å². The Kier molecular flexibility index (Phi) is 3.91. The lowest BCUT2D eigenvalue weighted by Gasteiger charge is -2.09. The molecular weight excluding hydrogens is 278 g/mol. The van der Waals surface area contributed by atoms with Crippen LogP contribution in [0.3, 0.4) is 0 Å². The number of hydrogen-bond donors (Lipinski definition) is 3. The second-order valence-corrected chi connectivity index (χ2v) is 4.55. The number of carbonyl (C=O) groups excluding carboxylic acids is 2. The third-order valence-electron chi connectivity index (χ3n) is 2.65. The molecule has 6 heteroatoms. The van der Waals surface area contributed by atoms with Gasteiger partial charge in [-0.25, -0.2) is 0 Å². The summed E-state index contributed by atoms with van der Waals surface area (Å²) in [6, 6.07) is 10.9. The van der Waals surface area contributed by atoms with Crippen LogP contribution in [0, 0.1) is 0 Å². The minimum Gasteiger partial charge on any atom is -0.399 e. The SMILES string of the molecule is NC(=O)c1ccc(Cl)c(NC(=O)c2cccc(N)c2)c1. The van der Waals surface area contributed by atoms with E-state index in [-0.39, 0.29) is 11.5 Å². The summed E-state index contributed by atoms with van der Waals surface area (Å²) in [6.45, 7) is 0. The molecule has 20 heavy (non-hydrogen) atoms. The highest BCUT2D eigenvalue weighted by molar-refractivity contribution is 6.34. The van der Waals surface area contributed by atoms with E-state index < -0.39 is 5.91 Å². The van der Waals surface area contributed by atoms with Gasteiger partial charge in [-0.15, -0.1) is 0 Å². The van der Waals surface area contributed by atoms with E-state index >= 15 is 0 Å². The fourth-order valence-electron chi connectivity index (χ4n) is 1.65. The van der Waals surface area contributed by atoms with Crippen molar-refractivity contribution in [3.63, 3.8) is 0 Å². The number of anilines is 2. The maximum atomic E-state index is 12.1. The van der Waals surface area contributed by atoms with Crippen LogP contribution in [-0.4, -0.2) is 11.8 Å². The van der Waals surface area contributed by atoms with E-state index in [1.54, 1.807) is 24.3 Å². The Morgan fingerprint density at radius 3 is 2.45 bits per heavy atom. The number of rotatable bonds is 3. The number of benzene rings is 2. The molecule has 0 aliphatic heterocycles. The largest absolute Gasteiger partial charge is 0.399 e. The Morgan fingerprint density at radius 1 is 1.05 bits per heavy atom. The molecular formula is C14H12ClN3O2. The average Bonchev–Trinajstić information content (AvgIpc) is 2.41. The van der Waals surface area contributed by atoms with Gasteiger partial charge in [0.25, 0.3) is 5.91 Å². The zero-order valence-electron chi connectivity index (χ0n) is 10.4. The molecule has 102 valence electrons. The fraction of sp³-hybridized carbons (Fsp3) is 0. The highest BCUT2D eigenvalue weighted by Gasteiger charge is 2.11. The highest BCUT2D eigenvalue weighted by atomic mass is 35.5. The molecule has 5 N–H and O–H groups in total. The predicted molar refractivity (Wildman–Crippen MR) is 78.8 cm³/mol. The van der Waals surface area contributed by atoms with Crippen LogP contribution in [0.1, 0.15) is 20.7 Å². The fourth-order valence-corrected chi connectivity index (χ4v) is 1.81. The van der Waals surface area contributed by atoms with Crippen LogP contribution in [0.4, 0.5) is 11.4 Å². The van der Waals surface area contributed by atoms with Gasteiger partial charge in [0.1, 0.15) is 0 Å². The van der Waals surface area contributed by atoms with Gasteiger partial charge in [-0.2, -0.15) is 0 Å². The van der Waals surface area contributed by atoms with Gasteiger partial charge >= 0.3 is 0 Å². The number of halogens is 1. The zero-order chi connectivity index (χ0) is 14.7. The molecule has 2 aromatic carbocycles. The Morgan fingerprint density at radius 2 is 1.80 bits per heavy atom. The minimum absolute atomic E-state index is 0.261. The molecule has 2 aromatic rings. The minimum atomic E-state index is -0.596. The number of hydrogen-bond acceptors (Lipinski definition) is 3. The standard InChI is InChI=1S/C14H12ClN3O2/c15-11-5-4-8(13(17)19)7-12(11)18-14(20)9-2-1-3-10(16)6-9/h1-7H,16H2,(H2,17,19)(H,18,20). The first-order valence-electron chi connectivity index (χ1n) is 5.73. The lowest BCUT2D eigenvalue weighted by atomic mass is 10.1. The van der Waals surface area contributed by atoms with E-state index in [1.165, 1.54) is 18.2 Å². The topological polar surface area (TPSA) is 98.2 Å². The Hall–Kier alpha value is -2.53. The second-order valence-electron chi connectivity index (χ2n) is 4.14. The summed E-state index contributed by atoms with van der Waals surface area (Å²) in [5, 5.41) is 2.93. The summed E-state index contributed by atoms with van der Waals surface area (Å²) in [6.07, 6.45) is 0. The third-order valence-corrected chi connectivity index (χ3v) is 2.98. The molecule has 0 bridgehead atoms. The quantitative estimate of drug-likeness (QED) is 0.756. The molecule has 2 rings (SSSR count). The molecule has 0 aliphatic rings. The molecule has 5 nitrogen and oxygen atoms in total. The van der Waals surface area contributed by atoms with E-state index in [9.17, 15) is 9.59 Å². The van der Waals surface area contributed by atoms with Crippen LogP contribution in [0.2, 0.25) is 5.02 Å². The van der Waals surface area contributed by atoms with E-state index in [4.69, 9.17) is 23.1 Å². The second kappa shape index (κ2) is 5.63. The van der Waals surface area contributed by atoms with Crippen molar-refractivity contribution in [2.45, 2.75) is 0 Å². The summed E-state index contributed by atoms with van der Waals surface area (Å²) >= 11 is 5.97. The molecule has 0 unspecified atom stereocenters. The van der Waals surface area contributed by atoms with Crippen molar-refractivity contribution in [1.29, 1.82) is 0 Å². The van der Waals surface area contributed by atoms with Gasteiger partial charge in [-0.05, 0) is 36.4 Å². The Labute approximate surface area is 120 Å². The Balaban J connectivity index is 2.27. The number of amides is 2. The van der Waals surface area contributed by atoms with Crippen LogP contribution in [-0.2, 0) is 0 Å². The molecule has 0 radical (unpaired) electrons. The molecule has 0 aliphatic carbocycles. The lowest BCUT2D eigenvalue weighted by molar-refractivity contribution is 0.0996. The summed E-state index contributed by atoms with van der Waals surface area (Å²) in [4.78, 5) is 23.2. The first-order chi connectivity index (χ1) is 9.47. The van der Waals surface area contributed by atoms with Gasteiger partial charge in [0.15, 0.2) is 0 Å². The molecule has 0 fully saturated rings. The van der Waals surface area contributed by atoms with Crippen molar-refractivity contribution >= 4 is 34.8 Å². The molecule has 0 saturated carbocycles. The molecule has 0 heterocycles. The number of carbonyl (C=O) groups is 2. The summed E-state index contributed by atoms with van der Waals surface area (Å²) in [5.74, 6) is -0.970. The van der Waals surface area contributed by atoms with Crippen molar-refractivity contribution in [2.24, 2.45) is 5.73 Å². The normalized spacial score (nSPS) is 10.1. The summed E-state index contributed by atoms with van der Waals surface area (Å²) < 4.78 is 0. The summed E-state index contributed by atoms with van der Waals surface area (Å²) in [5.41, 5.74) is 12.3. The van der Waals surface area contributed by atoms with Crippen LogP contribution >= 0.6 is 11.6 Å². The molecule has 0 spiro atoms.